The number of nitrogens with zero attached hydrogens (tertiary/aromatic N) is 1. The first-order valence-electron chi connectivity index (χ1n) is 8.38. The number of aliphatic hydroxyl groups excluding tert-OH is 1. The van der Waals surface area contributed by atoms with Gasteiger partial charge in [-0.2, -0.15) is 0 Å². The van der Waals surface area contributed by atoms with E-state index in [0.29, 0.717) is 18.6 Å². The minimum Gasteiger partial charge on any atom is -0.389 e. The van der Waals surface area contributed by atoms with Crippen LogP contribution in [-0.4, -0.2) is 61.5 Å². The molecule has 1 saturated heterocycles. The topological polar surface area (TPSA) is 44.7 Å². The van der Waals surface area contributed by atoms with Crippen LogP contribution < -0.4 is 5.32 Å². The molecule has 1 fully saturated rings. The first-order chi connectivity index (χ1) is 9.67. The molecule has 2 N–H and O–H groups in total. The molecule has 1 heterocycles. The fourth-order valence-corrected chi connectivity index (χ4v) is 2.97. The van der Waals surface area contributed by atoms with Crippen molar-refractivity contribution in [3.8, 4) is 0 Å². The Bertz CT molecular complexity index is 239. The Labute approximate surface area is 124 Å². The summed E-state index contributed by atoms with van der Waals surface area (Å²) in [4.78, 5) is 2.40. The summed E-state index contributed by atoms with van der Waals surface area (Å²) in [5, 5.41) is 13.6. The van der Waals surface area contributed by atoms with Gasteiger partial charge in [0.05, 0.1) is 12.7 Å². The van der Waals surface area contributed by atoms with E-state index in [2.05, 4.69) is 31.0 Å². The van der Waals surface area contributed by atoms with E-state index < -0.39 is 0 Å². The molecule has 0 aromatic carbocycles. The largest absolute Gasteiger partial charge is 0.389 e. The summed E-state index contributed by atoms with van der Waals surface area (Å²) in [5.41, 5.74) is 0. The van der Waals surface area contributed by atoms with Gasteiger partial charge < -0.3 is 20.1 Å². The zero-order chi connectivity index (χ0) is 14.8. The van der Waals surface area contributed by atoms with E-state index in [4.69, 9.17) is 4.74 Å². The highest BCUT2D eigenvalue weighted by atomic mass is 16.5. The molecule has 1 rings (SSSR count). The average molecular weight is 286 g/mol. The van der Waals surface area contributed by atoms with Gasteiger partial charge in [0.15, 0.2) is 0 Å². The van der Waals surface area contributed by atoms with Crippen LogP contribution in [0, 0.1) is 5.92 Å². The molecule has 0 aromatic heterocycles. The van der Waals surface area contributed by atoms with E-state index in [9.17, 15) is 5.11 Å². The maximum Gasteiger partial charge on any atom is 0.0900 e. The summed E-state index contributed by atoms with van der Waals surface area (Å²) in [6.07, 6.45) is 4.42. The summed E-state index contributed by atoms with van der Waals surface area (Å²) in [6, 6.07) is 0.570. The van der Waals surface area contributed by atoms with Crippen LogP contribution in [0.25, 0.3) is 0 Å². The molecule has 1 aliphatic heterocycles. The number of hydrogen-bond donors (Lipinski definition) is 2. The van der Waals surface area contributed by atoms with Crippen molar-refractivity contribution in [1.29, 1.82) is 0 Å². The minimum absolute atomic E-state index is 0.347. The van der Waals surface area contributed by atoms with Crippen LogP contribution in [-0.2, 0) is 4.74 Å². The molecule has 4 heteroatoms. The van der Waals surface area contributed by atoms with Gasteiger partial charge >= 0.3 is 0 Å². The third kappa shape index (κ3) is 7.02. The maximum atomic E-state index is 10.0. The first-order valence-corrected chi connectivity index (χ1v) is 8.38. The Kier molecular flexibility index (Phi) is 9.44. The number of likely N-dealkylation sites (tertiary alicyclic amines) is 1. The summed E-state index contributed by atoms with van der Waals surface area (Å²) in [6.45, 7) is 11.8. The average Bonchev–Trinajstić information content (AvgIpc) is 2.44. The second-order valence-corrected chi connectivity index (χ2v) is 6.09. The third-order valence-corrected chi connectivity index (χ3v) is 4.20. The van der Waals surface area contributed by atoms with Crippen LogP contribution in [0.1, 0.15) is 46.5 Å². The molecule has 1 aliphatic rings. The number of β-amino-alcohol motifs (C(OH)–C–C–N with tert-alkyl or cyclic N) is 1. The highest BCUT2D eigenvalue weighted by Crippen LogP contribution is 2.19. The van der Waals surface area contributed by atoms with Gasteiger partial charge in [0, 0.05) is 25.7 Å². The van der Waals surface area contributed by atoms with Crippen molar-refractivity contribution in [2.24, 2.45) is 5.92 Å². The second-order valence-electron chi connectivity index (χ2n) is 6.09. The lowest BCUT2D eigenvalue weighted by atomic mass is 9.91. The zero-order valence-corrected chi connectivity index (χ0v) is 13.6. The normalized spacial score (nSPS) is 23.7. The summed E-state index contributed by atoms with van der Waals surface area (Å²) in [5.74, 6) is 0.705. The predicted molar refractivity (Wildman–Crippen MR) is 84.0 cm³/mol. The van der Waals surface area contributed by atoms with Crippen molar-refractivity contribution < 1.29 is 9.84 Å². The van der Waals surface area contributed by atoms with E-state index in [-0.39, 0.29) is 6.10 Å². The third-order valence-electron chi connectivity index (χ3n) is 4.20. The fourth-order valence-electron chi connectivity index (χ4n) is 2.97. The molecule has 0 aliphatic carbocycles. The van der Waals surface area contributed by atoms with E-state index in [1.807, 2.05) is 0 Å². The number of nitrogens with one attached hydrogen (secondary N) is 1. The van der Waals surface area contributed by atoms with E-state index in [1.54, 1.807) is 0 Å². The van der Waals surface area contributed by atoms with Crippen molar-refractivity contribution in [2.45, 2.75) is 58.6 Å². The molecular formula is C16H34N2O2. The molecule has 3 atom stereocenters. The number of unbranched alkanes of at least 4 members (excludes halogenated alkanes) is 1. The Morgan fingerprint density at radius 2 is 2.20 bits per heavy atom. The van der Waals surface area contributed by atoms with Gasteiger partial charge in [0.1, 0.15) is 0 Å². The van der Waals surface area contributed by atoms with Gasteiger partial charge in [0.25, 0.3) is 0 Å². The number of hydrogen-bond acceptors (Lipinski definition) is 4. The van der Waals surface area contributed by atoms with Crippen molar-refractivity contribution in [3.05, 3.63) is 0 Å². The highest BCUT2D eigenvalue weighted by Gasteiger charge is 2.25. The molecule has 0 amide bonds. The van der Waals surface area contributed by atoms with Gasteiger partial charge in [-0.1, -0.05) is 20.3 Å². The molecule has 0 bridgehead atoms. The second kappa shape index (κ2) is 10.6. The van der Waals surface area contributed by atoms with Crippen molar-refractivity contribution in [1.82, 2.24) is 10.2 Å². The monoisotopic (exact) mass is 286 g/mol. The molecule has 120 valence electrons. The molecule has 0 saturated carbocycles. The van der Waals surface area contributed by atoms with Crippen LogP contribution in [0.2, 0.25) is 0 Å². The van der Waals surface area contributed by atoms with Gasteiger partial charge in [-0.15, -0.1) is 0 Å². The highest BCUT2D eigenvalue weighted by molar-refractivity contribution is 4.81. The number of aliphatic hydroxyl groups is 1. The van der Waals surface area contributed by atoms with E-state index in [0.717, 1.165) is 45.6 Å². The molecule has 3 unspecified atom stereocenters. The minimum atomic E-state index is -0.347. The number of rotatable bonds is 10. The molecule has 0 radical (unpaired) electrons. The number of ether oxygens (including phenoxy) is 1. The lowest BCUT2D eigenvalue weighted by Gasteiger charge is -2.36. The predicted octanol–water partition coefficient (Wildman–Crippen LogP) is 1.87. The smallest absolute Gasteiger partial charge is 0.0900 e. The van der Waals surface area contributed by atoms with E-state index in [1.165, 1.54) is 12.8 Å². The van der Waals surface area contributed by atoms with Crippen LogP contribution in [0.4, 0.5) is 0 Å². The summed E-state index contributed by atoms with van der Waals surface area (Å²) in [7, 11) is 0. The molecular weight excluding hydrogens is 252 g/mol. The molecule has 0 aromatic rings. The molecule has 20 heavy (non-hydrogen) atoms. The molecule has 4 nitrogen and oxygen atoms in total. The maximum absolute atomic E-state index is 10.0. The quantitative estimate of drug-likeness (QED) is 0.602. The number of piperidine rings is 1. The van der Waals surface area contributed by atoms with Gasteiger partial charge in [-0.3, -0.25) is 0 Å². The van der Waals surface area contributed by atoms with Crippen molar-refractivity contribution in [2.75, 3.05) is 39.4 Å². The van der Waals surface area contributed by atoms with Crippen LogP contribution in [0.3, 0.4) is 0 Å². The fraction of sp³-hybridized carbons (Fsp3) is 1.00. The van der Waals surface area contributed by atoms with Crippen molar-refractivity contribution >= 4 is 0 Å². The zero-order valence-electron chi connectivity index (χ0n) is 13.6. The lowest BCUT2D eigenvalue weighted by Crippen LogP contribution is -2.47. The van der Waals surface area contributed by atoms with Crippen LogP contribution in [0.15, 0.2) is 0 Å². The first kappa shape index (κ1) is 17.9. The Balaban J connectivity index is 2.21. The molecule has 0 spiro atoms. The van der Waals surface area contributed by atoms with Gasteiger partial charge in [-0.05, 0) is 45.2 Å². The SMILES string of the molecule is CCCCOCC(O)CN1CCCC(C(C)NCC)C1. The van der Waals surface area contributed by atoms with Gasteiger partial charge in [-0.25, -0.2) is 0 Å². The summed E-state index contributed by atoms with van der Waals surface area (Å²) < 4.78 is 5.50. The van der Waals surface area contributed by atoms with Crippen molar-refractivity contribution in [3.63, 3.8) is 0 Å². The van der Waals surface area contributed by atoms with Crippen LogP contribution >= 0.6 is 0 Å². The Morgan fingerprint density at radius 3 is 2.90 bits per heavy atom. The lowest BCUT2D eigenvalue weighted by molar-refractivity contribution is 0.00670. The summed E-state index contributed by atoms with van der Waals surface area (Å²) >= 11 is 0. The van der Waals surface area contributed by atoms with E-state index >= 15 is 0 Å². The van der Waals surface area contributed by atoms with Gasteiger partial charge in [0.2, 0.25) is 0 Å². The Morgan fingerprint density at radius 1 is 1.40 bits per heavy atom. The van der Waals surface area contributed by atoms with Crippen LogP contribution in [0.5, 0.6) is 0 Å². The standard InChI is InChI=1S/C16H34N2O2/c1-4-6-10-20-13-16(19)12-18-9-7-8-15(11-18)14(3)17-5-2/h14-17,19H,4-13H2,1-3H3. The Hall–Kier alpha value is -0.160.